The average Bonchev–Trinajstić information content (AvgIpc) is 2.72. The molecule has 0 aliphatic heterocycles. The molecule has 0 saturated heterocycles. The number of hydrogen-bond donors (Lipinski definition) is 1. The van der Waals surface area contributed by atoms with Crippen molar-refractivity contribution in [1.82, 2.24) is 9.55 Å². The zero-order valence-corrected chi connectivity index (χ0v) is 16.3. The highest BCUT2D eigenvalue weighted by Crippen LogP contribution is 2.27. The van der Waals surface area contributed by atoms with Crippen LogP contribution in [0, 0.1) is 17.5 Å². The molecule has 1 heterocycles. The molecular weight excluding hydrogens is 409 g/mol. The number of ether oxygens (including phenoxy) is 1. The monoisotopic (exact) mass is 426 g/mol. The third kappa shape index (κ3) is 4.29. The van der Waals surface area contributed by atoms with Gasteiger partial charge in [-0.15, -0.1) is 0 Å². The summed E-state index contributed by atoms with van der Waals surface area (Å²) in [5.41, 5.74) is 0.178. The number of fused-ring (bicyclic) bond motifs is 1. The normalized spacial score (nSPS) is 12.2. The van der Waals surface area contributed by atoms with Crippen molar-refractivity contribution in [2.75, 3.05) is 0 Å². The Labute approximate surface area is 175 Å². The number of hydrogen-bond acceptors (Lipinski definition) is 4. The van der Waals surface area contributed by atoms with E-state index in [1.165, 1.54) is 17.0 Å². The molecule has 0 amide bonds. The van der Waals surface area contributed by atoms with E-state index in [2.05, 4.69) is 4.98 Å². The molecule has 31 heavy (non-hydrogen) atoms. The molecule has 0 spiro atoms. The Morgan fingerprint density at radius 2 is 1.74 bits per heavy atom. The summed E-state index contributed by atoms with van der Waals surface area (Å²) >= 11 is 0. The topological polar surface area (TPSA) is 64.3 Å². The highest BCUT2D eigenvalue weighted by molar-refractivity contribution is 5.79. The lowest BCUT2D eigenvalue weighted by atomic mass is 10.1. The van der Waals surface area contributed by atoms with Crippen LogP contribution in [0.25, 0.3) is 10.9 Å². The molecule has 4 aromatic rings. The van der Waals surface area contributed by atoms with Gasteiger partial charge in [0, 0.05) is 17.7 Å². The molecule has 0 fully saturated rings. The second-order valence-corrected chi connectivity index (χ2v) is 7.06. The van der Waals surface area contributed by atoms with Crippen molar-refractivity contribution in [2.24, 2.45) is 0 Å². The number of halogens is 3. The van der Waals surface area contributed by atoms with Crippen LogP contribution in [0.15, 0.2) is 65.7 Å². The van der Waals surface area contributed by atoms with Crippen LogP contribution in [0.3, 0.4) is 0 Å². The van der Waals surface area contributed by atoms with Crippen molar-refractivity contribution in [3.05, 3.63) is 99.9 Å². The third-order valence-corrected chi connectivity index (χ3v) is 4.83. The second-order valence-electron chi connectivity index (χ2n) is 7.06. The number of nitrogens with zero attached hydrogens (tertiary/aromatic N) is 2. The first kappa shape index (κ1) is 20.6. The van der Waals surface area contributed by atoms with E-state index in [-0.39, 0.29) is 17.5 Å². The van der Waals surface area contributed by atoms with Gasteiger partial charge in [0.1, 0.15) is 29.0 Å². The van der Waals surface area contributed by atoms with Crippen LogP contribution in [0.5, 0.6) is 11.5 Å². The van der Waals surface area contributed by atoms with Gasteiger partial charge in [-0.3, -0.25) is 4.79 Å². The minimum Gasteiger partial charge on any atom is -0.457 e. The summed E-state index contributed by atoms with van der Waals surface area (Å²) in [6.45, 7) is 1.36. The van der Waals surface area contributed by atoms with Gasteiger partial charge in [0.2, 0.25) is 0 Å². The van der Waals surface area contributed by atoms with E-state index < -0.39 is 29.1 Å². The van der Waals surface area contributed by atoms with Crippen LogP contribution >= 0.6 is 0 Å². The number of aromatic nitrogens is 2. The predicted octanol–water partition coefficient (Wildman–Crippen LogP) is 4.71. The molecule has 158 valence electrons. The van der Waals surface area contributed by atoms with Gasteiger partial charge in [0.05, 0.1) is 29.9 Å². The summed E-state index contributed by atoms with van der Waals surface area (Å²) in [6.07, 6.45) is 0.517. The van der Waals surface area contributed by atoms with Crippen molar-refractivity contribution in [3.63, 3.8) is 0 Å². The Balaban J connectivity index is 1.71. The lowest BCUT2D eigenvalue weighted by molar-refractivity contribution is 0.199. The Kier molecular flexibility index (Phi) is 5.48. The maximum atomic E-state index is 14.1. The summed E-state index contributed by atoms with van der Waals surface area (Å²) in [5, 5.41) is 9.91. The fourth-order valence-electron chi connectivity index (χ4n) is 3.25. The minimum atomic E-state index is -1.03. The van der Waals surface area contributed by atoms with E-state index in [0.717, 1.165) is 0 Å². The molecule has 3 aromatic carbocycles. The molecule has 0 aliphatic rings. The molecule has 0 aliphatic carbocycles. The third-order valence-electron chi connectivity index (χ3n) is 4.83. The lowest BCUT2D eigenvalue weighted by Crippen LogP contribution is -2.14. The molecule has 0 radical (unpaired) electrons. The van der Waals surface area contributed by atoms with Crippen LogP contribution in [-0.2, 0) is 6.54 Å². The molecule has 0 saturated carbocycles. The SMILES string of the molecule is CC(O)c1cccc(Oc2ccc3c(c2)c(=O)ncn3Cc2c(F)cc(F)cc2F)c1. The fourth-order valence-corrected chi connectivity index (χ4v) is 3.25. The summed E-state index contributed by atoms with van der Waals surface area (Å²) in [5.74, 6) is -2.24. The van der Waals surface area contributed by atoms with E-state index in [9.17, 15) is 23.1 Å². The second kappa shape index (κ2) is 8.23. The van der Waals surface area contributed by atoms with Gasteiger partial charge in [0.25, 0.3) is 5.56 Å². The smallest absolute Gasteiger partial charge is 0.280 e. The molecule has 5 nitrogen and oxygen atoms in total. The van der Waals surface area contributed by atoms with Gasteiger partial charge >= 0.3 is 0 Å². The molecule has 1 N–H and O–H groups in total. The van der Waals surface area contributed by atoms with E-state index in [4.69, 9.17) is 4.74 Å². The van der Waals surface area contributed by atoms with Crippen molar-refractivity contribution < 1.29 is 23.0 Å². The van der Waals surface area contributed by atoms with Gasteiger partial charge < -0.3 is 14.4 Å². The van der Waals surface area contributed by atoms with Crippen molar-refractivity contribution in [2.45, 2.75) is 19.6 Å². The number of benzene rings is 3. The first-order valence-electron chi connectivity index (χ1n) is 9.40. The van der Waals surface area contributed by atoms with Gasteiger partial charge in [-0.2, -0.15) is 4.98 Å². The van der Waals surface area contributed by atoms with E-state index in [0.29, 0.717) is 34.7 Å². The van der Waals surface area contributed by atoms with Crippen LogP contribution in [-0.4, -0.2) is 14.7 Å². The van der Waals surface area contributed by atoms with Gasteiger partial charge in [-0.1, -0.05) is 12.1 Å². The number of aliphatic hydroxyl groups excluding tert-OH is 1. The van der Waals surface area contributed by atoms with Crippen molar-refractivity contribution in [1.29, 1.82) is 0 Å². The number of aliphatic hydroxyl groups is 1. The first-order chi connectivity index (χ1) is 14.8. The lowest BCUT2D eigenvalue weighted by Gasteiger charge is -2.13. The Hall–Kier alpha value is -3.65. The van der Waals surface area contributed by atoms with Crippen LogP contribution in [0.2, 0.25) is 0 Å². The summed E-state index contributed by atoms with van der Waals surface area (Å²) in [4.78, 5) is 16.1. The quantitative estimate of drug-likeness (QED) is 0.502. The van der Waals surface area contributed by atoms with Crippen LogP contribution in [0.4, 0.5) is 13.2 Å². The minimum absolute atomic E-state index is 0.189. The van der Waals surface area contributed by atoms with Gasteiger partial charge in [0.15, 0.2) is 0 Å². The van der Waals surface area contributed by atoms with E-state index in [1.54, 1.807) is 43.3 Å². The van der Waals surface area contributed by atoms with Gasteiger partial charge in [-0.25, -0.2) is 13.2 Å². The summed E-state index contributed by atoms with van der Waals surface area (Å²) in [7, 11) is 0. The molecule has 0 bridgehead atoms. The summed E-state index contributed by atoms with van der Waals surface area (Å²) < 4.78 is 48.5. The maximum Gasteiger partial charge on any atom is 0.280 e. The van der Waals surface area contributed by atoms with Crippen molar-refractivity contribution >= 4 is 10.9 Å². The Morgan fingerprint density at radius 3 is 2.45 bits per heavy atom. The molecule has 1 aromatic heterocycles. The largest absolute Gasteiger partial charge is 0.457 e. The zero-order valence-electron chi connectivity index (χ0n) is 16.3. The Morgan fingerprint density at radius 1 is 1.03 bits per heavy atom. The first-order valence-corrected chi connectivity index (χ1v) is 9.40. The maximum absolute atomic E-state index is 14.1. The molecular formula is C23H17F3N2O3. The van der Waals surface area contributed by atoms with E-state index >= 15 is 0 Å². The fraction of sp³-hybridized carbons (Fsp3) is 0.130. The molecule has 1 atom stereocenters. The van der Waals surface area contributed by atoms with Crippen LogP contribution in [0.1, 0.15) is 24.2 Å². The van der Waals surface area contributed by atoms with Gasteiger partial charge in [-0.05, 0) is 42.8 Å². The predicted molar refractivity (Wildman–Crippen MR) is 109 cm³/mol. The average molecular weight is 426 g/mol. The van der Waals surface area contributed by atoms with Crippen LogP contribution < -0.4 is 10.3 Å². The standard InChI is InChI=1S/C23H17F3N2O3/c1-13(29)14-3-2-4-16(7-14)31-17-5-6-22-18(10-17)23(30)27-12-28(22)11-19-20(25)8-15(24)9-21(19)26/h2-10,12-13,29H,11H2,1H3. The van der Waals surface area contributed by atoms with E-state index in [1.807, 2.05) is 0 Å². The molecule has 4 rings (SSSR count). The highest BCUT2D eigenvalue weighted by atomic mass is 19.1. The zero-order chi connectivity index (χ0) is 22.1. The number of rotatable bonds is 5. The van der Waals surface area contributed by atoms with Crippen molar-refractivity contribution in [3.8, 4) is 11.5 Å². The summed E-state index contributed by atoms with van der Waals surface area (Å²) in [6, 6.07) is 12.7. The highest BCUT2D eigenvalue weighted by Gasteiger charge is 2.14. The Bertz CT molecular complexity index is 1310. The molecule has 8 heteroatoms. The molecule has 1 unspecified atom stereocenters.